The first kappa shape index (κ1) is 18.4. The maximum absolute atomic E-state index is 13.5. The van der Waals surface area contributed by atoms with Crippen molar-refractivity contribution in [3.8, 4) is 0 Å². The second kappa shape index (κ2) is 6.88. The lowest BCUT2D eigenvalue weighted by molar-refractivity contribution is -0.138. The van der Waals surface area contributed by atoms with Gasteiger partial charge in [-0.1, -0.05) is 6.07 Å². The molecule has 0 aliphatic carbocycles. The van der Waals surface area contributed by atoms with Gasteiger partial charge >= 0.3 is 0 Å². The van der Waals surface area contributed by atoms with Crippen molar-refractivity contribution in [2.45, 2.75) is 43.9 Å². The molecule has 4 amide bonds. The summed E-state index contributed by atoms with van der Waals surface area (Å²) in [5, 5.41) is 5.63. The summed E-state index contributed by atoms with van der Waals surface area (Å²) in [6.45, 7) is 1.91. The summed E-state index contributed by atoms with van der Waals surface area (Å²) in [6.07, 6.45) is 0.799. The molecule has 3 fully saturated rings. The van der Waals surface area contributed by atoms with Gasteiger partial charge in [0.05, 0.1) is 6.04 Å². The Balaban J connectivity index is 1.60. The van der Waals surface area contributed by atoms with Crippen molar-refractivity contribution in [3.63, 3.8) is 0 Å². The molecular weight excluding hydrogens is 367 g/mol. The van der Waals surface area contributed by atoms with Crippen LogP contribution in [0.25, 0.3) is 0 Å². The third-order valence-corrected chi connectivity index (χ3v) is 5.61. The number of nitrogens with zero attached hydrogens (tertiary/aromatic N) is 2. The fourth-order valence-electron chi connectivity index (χ4n) is 4.43. The van der Waals surface area contributed by atoms with E-state index >= 15 is 0 Å². The second-order valence-electron chi connectivity index (χ2n) is 7.50. The molecule has 3 saturated heterocycles. The van der Waals surface area contributed by atoms with Crippen LogP contribution in [0.2, 0.25) is 0 Å². The SMILES string of the molecule is CC(=O)N[C@H]1C[C@@H]2C(=O)N[C@H]3CCN(C(=O)c4cccc(F)c4)[C@@H]3C(=O)N2C1. The number of carbonyl (C=O) groups is 4. The fourth-order valence-corrected chi connectivity index (χ4v) is 4.43. The Kier molecular flexibility index (Phi) is 4.52. The molecule has 3 heterocycles. The first-order chi connectivity index (χ1) is 13.3. The number of hydrogen-bond donors (Lipinski definition) is 2. The molecule has 0 bridgehead atoms. The van der Waals surface area contributed by atoms with E-state index in [9.17, 15) is 23.6 Å². The molecule has 1 aromatic carbocycles. The average molecular weight is 388 g/mol. The van der Waals surface area contributed by atoms with E-state index in [4.69, 9.17) is 0 Å². The fraction of sp³-hybridized carbons (Fsp3) is 0.474. The van der Waals surface area contributed by atoms with E-state index in [1.54, 1.807) is 0 Å². The Hall–Kier alpha value is -2.97. The summed E-state index contributed by atoms with van der Waals surface area (Å²) in [6, 6.07) is 3.07. The summed E-state index contributed by atoms with van der Waals surface area (Å²) in [7, 11) is 0. The Morgan fingerprint density at radius 2 is 2.07 bits per heavy atom. The first-order valence-electron chi connectivity index (χ1n) is 9.29. The van der Waals surface area contributed by atoms with Crippen molar-refractivity contribution < 1.29 is 23.6 Å². The summed E-state index contributed by atoms with van der Waals surface area (Å²) in [5.41, 5.74) is 0.165. The zero-order valence-electron chi connectivity index (χ0n) is 15.4. The van der Waals surface area contributed by atoms with Gasteiger partial charge in [-0.25, -0.2) is 4.39 Å². The van der Waals surface area contributed by atoms with Crippen LogP contribution in [-0.4, -0.2) is 70.7 Å². The molecule has 0 spiro atoms. The van der Waals surface area contributed by atoms with Gasteiger partial charge in [0.25, 0.3) is 5.91 Å². The molecule has 0 aromatic heterocycles. The largest absolute Gasteiger partial charge is 0.352 e. The van der Waals surface area contributed by atoms with Crippen molar-refractivity contribution in [3.05, 3.63) is 35.6 Å². The maximum Gasteiger partial charge on any atom is 0.254 e. The lowest BCUT2D eigenvalue weighted by atomic mass is 10.1. The quantitative estimate of drug-likeness (QED) is 0.723. The third-order valence-electron chi connectivity index (χ3n) is 5.61. The van der Waals surface area contributed by atoms with E-state index in [0.29, 0.717) is 19.4 Å². The molecule has 3 aliphatic rings. The van der Waals surface area contributed by atoms with Gasteiger partial charge in [0.1, 0.15) is 17.9 Å². The van der Waals surface area contributed by atoms with Crippen LogP contribution in [0.3, 0.4) is 0 Å². The van der Waals surface area contributed by atoms with Crippen LogP contribution in [-0.2, 0) is 14.4 Å². The Morgan fingerprint density at radius 3 is 2.79 bits per heavy atom. The van der Waals surface area contributed by atoms with Gasteiger partial charge in [-0.05, 0) is 31.0 Å². The van der Waals surface area contributed by atoms with Gasteiger partial charge in [0, 0.05) is 31.6 Å². The molecular formula is C19H21FN4O4. The highest BCUT2D eigenvalue weighted by molar-refractivity contribution is 6.00. The molecule has 9 heteroatoms. The number of fused-ring (bicyclic) bond motifs is 2. The third kappa shape index (κ3) is 3.10. The summed E-state index contributed by atoms with van der Waals surface area (Å²) in [5.74, 6) is -1.78. The molecule has 148 valence electrons. The minimum Gasteiger partial charge on any atom is -0.352 e. The Bertz CT molecular complexity index is 860. The summed E-state index contributed by atoms with van der Waals surface area (Å²) >= 11 is 0. The lowest BCUT2D eigenvalue weighted by Crippen LogP contribution is -2.52. The Labute approximate surface area is 161 Å². The topological polar surface area (TPSA) is 98.8 Å². The van der Waals surface area contributed by atoms with Gasteiger partial charge < -0.3 is 20.4 Å². The molecule has 3 aliphatic heterocycles. The van der Waals surface area contributed by atoms with Crippen molar-refractivity contribution in [1.82, 2.24) is 20.4 Å². The van der Waals surface area contributed by atoms with E-state index in [1.807, 2.05) is 0 Å². The van der Waals surface area contributed by atoms with Gasteiger partial charge in [0.2, 0.25) is 17.7 Å². The molecule has 0 unspecified atom stereocenters. The number of amides is 4. The van der Waals surface area contributed by atoms with E-state index in [2.05, 4.69) is 10.6 Å². The van der Waals surface area contributed by atoms with Crippen molar-refractivity contribution >= 4 is 23.6 Å². The normalized spacial score (nSPS) is 29.1. The van der Waals surface area contributed by atoms with Crippen LogP contribution in [0.5, 0.6) is 0 Å². The molecule has 1 aromatic rings. The zero-order valence-corrected chi connectivity index (χ0v) is 15.4. The van der Waals surface area contributed by atoms with E-state index in [1.165, 1.54) is 34.9 Å². The molecule has 28 heavy (non-hydrogen) atoms. The lowest BCUT2D eigenvalue weighted by Gasteiger charge is -2.29. The number of hydrogen-bond acceptors (Lipinski definition) is 4. The first-order valence-corrected chi connectivity index (χ1v) is 9.29. The van der Waals surface area contributed by atoms with E-state index in [0.717, 1.165) is 6.07 Å². The second-order valence-corrected chi connectivity index (χ2v) is 7.50. The van der Waals surface area contributed by atoms with Crippen molar-refractivity contribution in [1.29, 1.82) is 0 Å². The molecule has 2 N–H and O–H groups in total. The van der Waals surface area contributed by atoms with Gasteiger partial charge in [-0.15, -0.1) is 0 Å². The van der Waals surface area contributed by atoms with Crippen molar-refractivity contribution in [2.75, 3.05) is 13.1 Å². The number of rotatable bonds is 2. The molecule has 0 radical (unpaired) electrons. The predicted molar refractivity (Wildman–Crippen MR) is 95.5 cm³/mol. The van der Waals surface area contributed by atoms with Crippen LogP contribution >= 0.6 is 0 Å². The number of carbonyl (C=O) groups excluding carboxylic acids is 4. The highest BCUT2D eigenvalue weighted by Crippen LogP contribution is 2.30. The average Bonchev–Trinajstić information content (AvgIpc) is 3.22. The standard InChI is InChI=1S/C19H21FN4O4/c1-10(25)21-13-8-15-17(26)22-14-5-6-23(16(14)19(28)24(15)9-13)18(27)11-3-2-4-12(20)7-11/h2-4,7,13-16H,5-6,8-9H2,1H3,(H,21,25)(H,22,26)/t13-,14-,15+,16-/m0/s1. The van der Waals surface area contributed by atoms with Gasteiger partial charge in [-0.2, -0.15) is 0 Å². The molecule has 0 saturated carbocycles. The molecule has 8 nitrogen and oxygen atoms in total. The van der Waals surface area contributed by atoms with Crippen LogP contribution < -0.4 is 10.6 Å². The summed E-state index contributed by atoms with van der Waals surface area (Å²) < 4.78 is 13.5. The highest BCUT2D eigenvalue weighted by Gasteiger charge is 2.52. The molecule has 4 atom stereocenters. The maximum atomic E-state index is 13.5. The van der Waals surface area contributed by atoms with Crippen molar-refractivity contribution in [2.24, 2.45) is 0 Å². The number of benzene rings is 1. The van der Waals surface area contributed by atoms with E-state index < -0.39 is 29.8 Å². The molecule has 4 rings (SSSR count). The van der Waals surface area contributed by atoms with Crippen LogP contribution in [0, 0.1) is 5.82 Å². The number of halogens is 1. The Morgan fingerprint density at radius 1 is 1.29 bits per heavy atom. The van der Waals surface area contributed by atoms with Crippen LogP contribution in [0.15, 0.2) is 24.3 Å². The van der Waals surface area contributed by atoms with Crippen LogP contribution in [0.4, 0.5) is 4.39 Å². The highest BCUT2D eigenvalue weighted by atomic mass is 19.1. The van der Waals surface area contributed by atoms with E-state index in [-0.39, 0.29) is 35.9 Å². The van der Waals surface area contributed by atoms with Crippen LogP contribution in [0.1, 0.15) is 30.1 Å². The zero-order chi connectivity index (χ0) is 20.0. The minimum absolute atomic E-state index is 0.165. The van der Waals surface area contributed by atoms with Gasteiger partial charge in [0.15, 0.2) is 0 Å². The monoisotopic (exact) mass is 388 g/mol. The number of nitrogens with one attached hydrogen (secondary N) is 2. The number of likely N-dealkylation sites (tertiary alicyclic amines) is 1. The smallest absolute Gasteiger partial charge is 0.254 e. The predicted octanol–water partition coefficient (Wildman–Crippen LogP) is -0.356. The van der Waals surface area contributed by atoms with Gasteiger partial charge in [-0.3, -0.25) is 19.2 Å². The summed E-state index contributed by atoms with van der Waals surface area (Å²) in [4.78, 5) is 53.0. The minimum atomic E-state index is -0.833.